The van der Waals surface area contributed by atoms with Crippen LogP contribution in [-0.4, -0.2) is 21.1 Å². The maximum Gasteiger partial charge on any atom is 0.389 e. The highest BCUT2D eigenvalue weighted by molar-refractivity contribution is 7.88. The monoisotopic (exact) mass is 310 g/mol. The van der Waals surface area contributed by atoms with Crippen LogP contribution in [0.4, 0.5) is 13.2 Å². The van der Waals surface area contributed by atoms with Crippen molar-refractivity contribution in [1.29, 1.82) is 0 Å². The van der Waals surface area contributed by atoms with Gasteiger partial charge in [-0.3, -0.25) is 0 Å². The molecule has 0 fully saturated rings. The SMILES string of the molecule is NCc1ccccc1CS(=O)(=O)NCCCC(F)(F)F. The van der Waals surface area contributed by atoms with Crippen LogP contribution in [0.5, 0.6) is 0 Å². The van der Waals surface area contributed by atoms with Gasteiger partial charge < -0.3 is 5.73 Å². The molecule has 0 aliphatic heterocycles. The van der Waals surface area contributed by atoms with Crippen molar-refractivity contribution in [2.24, 2.45) is 5.73 Å². The maximum atomic E-state index is 11.9. The van der Waals surface area contributed by atoms with Gasteiger partial charge in [-0.25, -0.2) is 13.1 Å². The minimum Gasteiger partial charge on any atom is -0.326 e. The number of halogens is 3. The van der Waals surface area contributed by atoms with E-state index in [9.17, 15) is 21.6 Å². The minimum absolute atomic E-state index is 0.208. The minimum atomic E-state index is -4.27. The Kier molecular flexibility index (Phi) is 5.97. The summed E-state index contributed by atoms with van der Waals surface area (Å²) < 4.78 is 61.5. The summed E-state index contributed by atoms with van der Waals surface area (Å²) in [6.45, 7) is -0.0214. The number of nitrogens with two attached hydrogens (primary N) is 1. The van der Waals surface area contributed by atoms with E-state index < -0.39 is 22.6 Å². The molecule has 0 heterocycles. The fraction of sp³-hybridized carbons (Fsp3) is 0.500. The van der Waals surface area contributed by atoms with Gasteiger partial charge in [0.2, 0.25) is 10.0 Å². The van der Waals surface area contributed by atoms with Crippen molar-refractivity contribution in [3.63, 3.8) is 0 Å². The third-order valence-electron chi connectivity index (χ3n) is 2.64. The predicted octanol–water partition coefficient (Wildman–Crippen LogP) is 1.91. The van der Waals surface area contributed by atoms with Crippen LogP contribution < -0.4 is 10.5 Å². The van der Waals surface area contributed by atoms with Crippen LogP contribution in [0, 0.1) is 0 Å². The van der Waals surface area contributed by atoms with Gasteiger partial charge in [-0.05, 0) is 17.5 Å². The summed E-state index contributed by atoms with van der Waals surface area (Å²) in [5.41, 5.74) is 6.75. The molecule has 0 bridgehead atoms. The highest BCUT2D eigenvalue weighted by Gasteiger charge is 2.26. The van der Waals surface area contributed by atoms with Crippen LogP contribution in [0.25, 0.3) is 0 Å². The lowest BCUT2D eigenvalue weighted by molar-refractivity contribution is -0.135. The van der Waals surface area contributed by atoms with Crippen LogP contribution in [-0.2, 0) is 22.3 Å². The van der Waals surface area contributed by atoms with E-state index in [1.165, 1.54) is 0 Å². The van der Waals surface area contributed by atoms with Crippen molar-refractivity contribution in [1.82, 2.24) is 4.72 Å². The highest BCUT2D eigenvalue weighted by atomic mass is 32.2. The molecule has 8 heteroatoms. The maximum absolute atomic E-state index is 11.9. The second kappa shape index (κ2) is 7.05. The van der Waals surface area contributed by atoms with E-state index in [2.05, 4.69) is 4.72 Å². The smallest absolute Gasteiger partial charge is 0.326 e. The Morgan fingerprint density at radius 1 is 1.15 bits per heavy atom. The molecule has 1 rings (SSSR count). The average Bonchev–Trinajstić information content (AvgIpc) is 2.34. The number of alkyl halides is 3. The normalized spacial score (nSPS) is 12.6. The number of hydrogen-bond acceptors (Lipinski definition) is 3. The quantitative estimate of drug-likeness (QED) is 0.756. The molecular formula is C12H17F3N2O2S. The van der Waals surface area contributed by atoms with E-state index >= 15 is 0 Å². The Hall–Kier alpha value is -1.12. The van der Waals surface area contributed by atoms with Gasteiger partial charge in [0.15, 0.2) is 0 Å². The second-order valence-electron chi connectivity index (χ2n) is 4.34. The zero-order valence-corrected chi connectivity index (χ0v) is 11.6. The fourth-order valence-electron chi connectivity index (χ4n) is 1.67. The molecule has 1 aromatic rings. The van der Waals surface area contributed by atoms with E-state index in [-0.39, 0.29) is 25.3 Å². The molecule has 4 nitrogen and oxygen atoms in total. The van der Waals surface area contributed by atoms with E-state index in [0.29, 0.717) is 11.1 Å². The zero-order valence-electron chi connectivity index (χ0n) is 10.8. The summed E-state index contributed by atoms with van der Waals surface area (Å²) in [5.74, 6) is -0.285. The van der Waals surface area contributed by atoms with Gasteiger partial charge in [-0.2, -0.15) is 13.2 Å². The van der Waals surface area contributed by atoms with E-state index in [0.717, 1.165) is 0 Å². The summed E-state index contributed by atoms with van der Waals surface area (Å²) in [6, 6.07) is 6.79. The van der Waals surface area contributed by atoms with Crippen molar-refractivity contribution < 1.29 is 21.6 Å². The molecule has 0 saturated heterocycles. The lowest BCUT2D eigenvalue weighted by Crippen LogP contribution is -2.27. The molecule has 0 aromatic heterocycles. The van der Waals surface area contributed by atoms with Crippen LogP contribution in [0.1, 0.15) is 24.0 Å². The molecule has 0 saturated carbocycles. The Morgan fingerprint density at radius 3 is 2.30 bits per heavy atom. The number of hydrogen-bond donors (Lipinski definition) is 2. The molecule has 0 radical (unpaired) electrons. The Labute approximate surface area is 116 Å². The molecule has 0 aliphatic rings. The van der Waals surface area contributed by atoms with Gasteiger partial charge in [-0.15, -0.1) is 0 Å². The predicted molar refractivity (Wildman–Crippen MR) is 70.2 cm³/mol. The molecule has 0 amide bonds. The van der Waals surface area contributed by atoms with Crippen LogP contribution in [0.2, 0.25) is 0 Å². The number of nitrogens with one attached hydrogen (secondary N) is 1. The molecule has 0 aliphatic carbocycles. The fourth-order valence-corrected chi connectivity index (χ4v) is 2.92. The van der Waals surface area contributed by atoms with Crippen LogP contribution in [0.3, 0.4) is 0 Å². The molecule has 1 aromatic carbocycles. The van der Waals surface area contributed by atoms with Gasteiger partial charge >= 0.3 is 6.18 Å². The van der Waals surface area contributed by atoms with Crippen LogP contribution >= 0.6 is 0 Å². The Bertz CT molecular complexity index is 530. The average molecular weight is 310 g/mol. The Morgan fingerprint density at radius 2 is 1.75 bits per heavy atom. The molecule has 3 N–H and O–H groups in total. The third-order valence-corrected chi connectivity index (χ3v) is 3.98. The van der Waals surface area contributed by atoms with Crippen molar-refractivity contribution >= 4 is 10.0 Å². The summed E-state index contributed by atoms with van der Waals surface area (Å²) in [4.78, 5) is 0. The largest absolute Gasteiger partial charge is 0.389 e. The van der Waals surface area contributed by atoms with Gasteiger partial charge in [0.1, 0.15) is 0 Å². The van der Waals surface area contributed by atoms with Crippen molar-refractivity contribution in [3.8, 4) is 0 Å². The summed E-state index contributed by atoms with van der Waals surface area (Å²) in [7, 11) is -3.66. The van der Waals surface area contributed by atoms with Crippen molar-refractivity contribution in [2.75, 3.05) is 6.54 Å². The number of benzene rings is 1. The molecule has 114 valence electrons. The zero-order chi connectivity index (χ0) is 15.2. The van der Waals surface area contributed by atoms with Crippen molar-refractivity contribution in [2.45, 2.75) is 31.3 Å². The van der Waals surface area contributed by atoms with Crippen LogP contribution in [0.15, 0.2) is 24.3 Å². The van der Waals surface area contributed by atoms with Gasteiger partial charge in [0.05, 0.1) is 5.75 Å². The Balaban J connectivity index is 2.53. The second-order valence-corrected chi connectivity index (χ2v) is 6.15. The van der Waals surface area contributed by atoms with E-state index in [4.69, 9.17) is 5.73 Å². The van der Waals surface area contributed by atoms with Gasteiger partial charge in [-0.1, -0.05) is 24.3 Å². The molecule has 20 heavy (non-hydrogen) atoms. The van der Waals surface area contributed by atoms with Crippen molar-refractivity contribution in [3.05, 3.63) is 35.4 Å². The van der Waals surface area contributed by atoms with Gasteiger partial charge in [0.25, 0.3) is 0 Å². The number of sulfonamides is 1. The molecule has 0 spiro atoms. The lowest BCUT2D eigenvalue weighted by atomic mass is 10.1. The summed E-state index contributed by atoms with van der Waals surface area (Å²) in [6.07, 6.45) is -5.55. The molecule has 0 unspecified atom stereocenters. The summed E-state index contributed by atoms with van der Waals surface area (Å²) >= 11 is 0. The molecular weight excluding hydrogens is 293 g/mol. The lowest BCUT2D eigenvalue weighted by Gasteiger charge is -2.10. The first-order chi connectivity index (χ1) is 9.23. The first kappa shape index (κ1) is 16.9. The topological polar surface area (TPSA) is 72.2 Å². The third kappa shape index (κ3) is 6.36. The molecule has 0 atom stereocenters. The summed E-state index contributed by atoms with van der Waals surface area (Å²) in [5, 5.41) is 0. The van der Waals surface area contributed by atoms with E-state index in [1.807, 2.05) is 0 Å². The van der Waals surface area contributed by atoms with Gasteiger partial charge in [0, 0.05) is 19.5 Å². The highest BCUT2D eigenvalue weighted by Crippen LogP contribution is 2.20. The number of rotatable bonds is 7. The standard InChI is InChI=1S/C12H17F3N2O2S/c13-12(14,15)6-3-7-17-20(18,19)9-11-5-2-1-4-10(11)8-16/h1-2,4-5,17H,3,6-9,16H2. The van der Waals surface area contributed by atoms with E-state index in [1.54, 1.807) is 24.3 Å². The first-order valence-corrected chi connectivity index (χ1v) is 7.70. The first-order valence-electron chi connectivity index (χ1n) is 6.04.